The molecule has 0 fully saturated rings. The molecule has 108 valence electrons. The Morgan fingerprint density at radius 2 is 1.85 bits per heavy atom. The molecule has 1 aromatic carbocycles. The molecule has 7 heteroatoms. The van der Waals surface area contributed by atoms with Crippen molar-refractivity contribution in [2.45, 2.75) is 4.21 Å². The number of hydrogen-bond donors (Lipinski definition) is 1. The van der Waals surface area contributed by atoms with Crippen LogP contribution in [0.5, 0.6) is 11.5 Å². The lowest BCUT2D eigenvalue weighted by atomic mass is 10.3. The minimum atomic E-state index is -3.41. The summed E-state index contributed by atoms with van der Waals surface area (Å²) in [7, 11) is -1.82. The van der Waals surface area contributed by atoms with Gasteiger partial charge in [0.25, 0.3) is 0 Å². The molecule has 0 atom stereocenters. The molecule has 0 aliphatic carbocycles. The van der Waals surface area contributed by atoms with Crippen molar-refractivity contribution in [3.8, 4) is 11.5 Å². The van der Waals surface area contributed by atoms with Gasteiger partial charge in [0, 0.05) is 6.54 Å². The van der Waals surface area contributed by atoms with E-state index in [9.17, 15) is 8.42 Å². The highest BCUT2D eigenvalue weighted by molar-refractivity contribution is 7.91. The second kappa shape index (κ2) is 6.74. The summed E-state index contributed by atoms with van der Waals surface area (Å²) in [5, 5.41) is 1.72. The van der Waals surface area contributed by atoms with E-state index in [2.05, 4.69) is 4.72 Å². The van der Waals surface area contributed by atoms with Crippen molar-refractivity contribution in [3.05, 3.63) is 41.8 Å². The van der Waals surface area contributed by atoms with Gasteiger partial charge in [-0.2, -0.15) is 0 Å². The van der Waals surface area contributed by atoms with Crippen LogP contribution in [0.1, 0.15) is 0 Å². The molecule has 0 spiro atoms. The molecule has 0 bridgehead atoms. The Labute approximate surface area is 122 Å². The van der Waals surface area contributed by atoms with Crippen molar-refractivity contribution in [1.82, 2.24) is 4.72 Å². The molecule has 20 heavy (non-hydrogen) atoms. The van der Waals surface area contributed by atoms with Crippen LogP contribution in [0.25, 0.3) is 0 Å². The molecule has 0 aliphatic heterocycles. The predicted molar refractivity (Wildman–Crippen MR) is 78.0 cm³/mol. The van der Waals surface area contributed by atoms with Crippen LogP contribution in [0.2, 0.25) is 0 Å². The van der Waals surface area contributed by atoms with E-state index in [1.807, 2.05) is 0 Å². The molecule has 0 aliphatic rings. The molecule has 0 unspecified atom stereocenters. The molecule has 1 N–H and O–H groups in total. The Hall–Kier alpha value is -1.57. The van der Waals surface area contributed by atoms with Gasteiger partial charge >= 0.3 is 0 Å². The maximum atomic E-state index is 11.8. The summed E-state index contributed by atoms with van der Waals surface area (Å²) in [6, 6.07) is 10.4. The van der Waals surface area contributed by atoms with Crippen molar-refractivity contribution < 1.29 is 17.9 Å². The fraction of sp³-hybridized carbons (Fsp3) is 0.231. The van der Waals surface area contributed by atoms with Gasteiger partial charge in [-0.3, -0.25) is 0 Å². The van der Waals surface area contributed by atoms with Gasteiger partial charge < -0.3 is 9.47 Å². The molecule has 2 rings (SSSR count). The van der Waals surface area contributed by atoms with E-state index in [-0.39, 0.29) is 13.2 Å². The van der Waals surface area contributed by atoms with E-state index in [1.165, 1.54) is 11.3 Å². The maximum Gasteiger partial charge on any atom is 0.250 e. The maximum absolute atomic E-state index is 11.8. The number of nitrogens with one attached hydrogen (secondary N) is 1. The minimum Gasteiger partial charge on any atom is -0.497 e. The summed E-state index contributed by atoms with van der Waals surface area (Å²) < 4.78 is 36.9. The Morgan fingerprint density at radius 3 is 2.45 bits per heavy atom. The van der Waals surface area contributed by atoms with Crippen LogP contribution < -0.4 is 14.2 Å². The number of benzene rings is 1. The van der Waals surface area contributed by atoms with E-state index in [1.54, 1.807) is 48.9 Å². The first-order valence-electron chi connectivity index (χ1n) is 5.92. The van der Waals surface area contributed by atoms with E-state index in [4.69, 9.17) is 9.47 Å². The lowest BCUT2D eigenvalue weighted by Gasteiger charge is -2.08. The standard InChI is InChI=1S/C13H15NO4S2/c1-17-11-4-6-12(7-5-11)18-9-8-14-20(15,16)13-3-2-10-19-13/h2-7,10,14H,8-9H2,1H3. The fourth-order valence-corrected chi connectivity index (χ4v) is 3.55. The van der Waals surface area contributed by atoms with Crippen LogP contribution >= 0.6 is 11.3 Å². The molecular weight excluding hydrogens is 298 g/mol. The molecule has 0 amide bonds. The largest absolute Gasteiger partial charge is 0.497 e. The average molecular weight is 313 g/mol. The van der Waals surface area contributed by atoms with E-state index in [0.717, 1.165) is 5.75 Å². The van der Waals surface area contributed by atoms with Gasteiger partial charge in [-0.15, -0.1) is 11.3 Å². The number of hydrogen-bond acceptors (Lipinski definition) is 5. The molecular formula is C13H15NO4S2. The van der Waals surface area contributed by atoms with Crippen molar-refractivity contribution in [2.75, 3.05) is 20.3 Å². The second-order valence-electron chi connectivity index (χ2n) is 3.85. The van der Waals surface area contributed by atoms with Gasteiger partial charge in [0.05, 0.1) is 7.11 Å². The average Bonchev–Trinajstić information content (AvgIpc) is 2.99. The summed E-state index contributed by atoms with van der Waals surface area (Å²) in [5.74, 6) is 1.41. The molecule has 1 aromatic heterocycles. The number of thiophene rings is 1. The van der Waals surface area contributed by atoms with Gasteiger partial charge in [0.1, 0.15) is 22.3 Å². The van der Waals surface area contributed by atoms with Crippen molar-refractivity contribution in [3.63, 3.8) is 0 Å². The van der Waals surface area contributed by atoms with Gasteiger partial charge in [0.2, 0.25) is 10.0 Å². The first-order valence-corrected chi connectivity index (χ1v) is 8.28. The van der Waals surface area contributed by atoms with Gasteiger partial charge in [-0.25, -0.2) is 13.1 Å². The van der Waals surface area contributed by atoms with E-state index < -0.39 is 10.0 Å². The highest BCUT2D eigenvalue weighted by atomic mass is 32.2. The zero-order valence-electron chi connectivity index (χ0n) is 10.9. The number of rotatable bonds is 7. The molecule has 0 saturated carbocycles. The van der Waals surface area contributed by atoms with Gasteiger partial charge in [-0.1, -0.05) is 6.07 Å². The van der Waals surface area contributed by atoms with Gasteiger partial charge in [0.15, 0.2) is 0 Å². The van der Waals surface area contributed by atoms with Crippen LogP contribution in [0.4, 0.5) is 0 Å². The Kier molecular flexibility index (Phi) is 4.99. The second-order valence-corrected chi connectivity index (χ2v) is 6.80. The third-order valence-electron chi connectivity index (χ3n) is 2.48. The Balaban J connectivity index is 1.79. The lowest BCUT2D eigenvalue weighted by Crippen LogP contribution is -2.27. The van der Waals surface area contributed by atoms with Crippen LogP contribution in [0.3, 0.4) is 0 Å². The zero-order valence-corrected chi connectivity index (χ0v) is 12.5. The number of methoxy groups -OCH3 is 1. The van der Waals surface area contributed by atoms with Crippen LogP contribution in [-0.4, -0.2) is 28.7 Å². The van der Waals surface area contributed by atoms with E-state index in [0.29, 0.717) is 9.96 Å². The highest BCUT2D eigenvalue weighted by Gasteiger charge is 2.13. The summed E-state index contributed by atoms with van der Waals surface area (Å²) in [5.41, 5.74) is 0. The highest BCUT2D eigenvalue weighted by Crippen LogP contribution is 2.17. The molecule has 2 aromatic rings. The summed E-state index contributed by atoms with van der Waals surface area (Å²) in [6.07, 6.45) is 0. The fourth-order valence-electron chi connectivity index (χ4n) is 1.50. The van der Waals surface area contributed by atoms with Gasteiger partial charge in [-0.05, 0) is 35.7 Å². The lowest BCUT2D eigenvalue weighted by molar-refractivity contribution is 0.322. The Bertz CT molecular complexity index is 621. The van der Waals surface area contributed by atoms with Crippen molar-refractivity contribution in [1.29, 1.82) is 0 Å². The molecule has 1 heterocycles. The Morgan fingerprint density at radius 1 is 1.15 bits per heavy atom. The quantitative estimate of drug-likeness (QED) is 0.795. The SMILES string of the molecule is COc1ccc(OCCNS(=O)(=O)c2cccs2)cc1. The predicted octanol–water partition coefficient (Wildman–Crippen LogP) is 2.11. The monoisotopic (exact) mass is 313 g/mol. The van der Waals surface area contributed by atoms with Crippen molar-refractivity contribution >= 4 is 21.4 Å². The third-order valence-corrected chi connectivity index (χ3v) is 5.34. The van der Waals surface area contributed by atoms with Crippen LogP contribution in [-0.2, 0) is 10.0 Å². The van der Waals surface area contributed by atoms with Crippen molar-refractivity contribution in [2.24, 2.45) is 0 Å². The van der Waals surface area contributed by atoms with Crippen LogP contribution in [0, 0.1) is 0 Å². The summed E-state index contributed by atoms with van der Waals surface area (Å²) in [4.78, 5) is 0. The topological polar surface area (TPSA) is 64.6 Å². The molecule has 0 radical (unpaired) electrons. The number of sulfonamides is 1. The third kappa shape index (κ3) is 3.96. The molecule has 5 nitrogen and oxygen atoms in total. The summed E-state index contributed by atoms with van der Waals surface area (Å²) >= 11 is 1.18. The normalized spacial score (nSPS) is 11.2. The summed E-state index contributed by atoms with van der Waals surface area (Å²) in [6.45, 7) is 0.475. The number of ether oxygens (including phenoxy) is 2. The smallest absolute Gasteiger partial charge is 0.250 e. The minimum absolute atomic E-state index is 0.215. The van der Waals surface area contributed by atoms with E-state index >= 15 is 0 Å². The van der Waals surface area contributed by atoms with Crippen LogP contribution in [0.15, 0.2) is 46.0 Å². The zero-order chi connectivity index (χ0) is 14.4. The first-order chi connectivity index (χ1) is 9.62. The molecule has 0 saturated heterocycles. The first kappa shape index (κ1) is 14.8.